The fourth-order valence-electron chi connectivity index (χ4n) is 3.45. The molecule has 0 heterocycles. The normalized spacial score (nSPS) is 17.6. The van der Waals surface area contributed by atoms with E-state index in [0.717, 1.165) is 16.8 Å². The van der Waals surface area contributed by atoms with Gasteiger partial charge in [-0.3, -0.25) is 14.4 Å². The second-order valence-electron chi connectivity index (χ2n) is 7.88. The molecule has 29 heavy (non-hydrogen) atoms. The Morgan fingerprint density at radius 2 is 1.48 bits per heavy atom. The van der Waals surface area contributed by atoms with Gasteiger partial charge in [-0.2, -0.15) is 0 Å². The van der Waals surface area contributed by atoms with Gasteiger partial charge < -0.3 is 16.0 Å². The Kier molecular flexibility index (Phi) is 6.01. The predicted molar refractivity (Wildman–Crippen MR) is 115 cm³/mol. The molecule has 3 rings (SSSR count). The van der Waals surface area contributed by atoms with Gasteiger partial charge in [0.1, 0.15) is 0 Å². The summed E-state index contributed by atoms with van der Waals surface area (Å²) in [5.41, 5.74) is 4.16. The molecule has 2 aromatic rings. The second kappa shape index (κ2) is 8.47. The number of para-hydroxylation sites is 1. The highest BCUT2D eigenvalue weighted by Crippen LogP contribution is 2.41. The molecule has 0 aromatic heterocycles. The lowest BCUT2D eigenvalue weighted by Gasteiger charge is -2.16. The van der Waals surface area contributed by atoms with Crippen molar-refractivity contribution < 1.29 is 14.4 Å². The summed E-state index contributed by atoms with van der Waals surface area (Å²) in [6.45, 7) is 7.58. The summed E-state index contributed by atoms with van der Waals surface area (Å²) in [5.74, 6) is -0.852. The lowest BCUT2D eigenvalue weighted by atomic mass is 9.98. The molecule has 0 radical (unpaired) electrons. The minimum atomic E-state index is -0.342. The van der Waals surface area contributed by atoms with Crippen molar-refractivity contribution in [1.82, 2.24) is 0 Å². The van der Waals surface area contributed by atoms with Gasteiger partial charge in [0, 0.05) is 24.0 Å². The van der Waals surface area contributed by atoms with Crippen LogP contribution in [0.25, 0.3) is 0 Å². The largest absolute Gasteiger partial charge is 0.326 e. The Bertz CT molecular complexity index is 952. The SMILES string of the molecule is CC(=O)Nc1cccc(NC(=O)C2CC2C(=O)Nc2c(C)cccc2C(C)C)c1. The summed E-state index contributed by atoms with van der Waals surface area (Å²) in [6, 6.07) is 12.9. The van der Waals surface area contributed by atoms with Crippen LogP contribution < -0.4 is 16.0 Å². The smallest absolute Gasteiger partial charge is 0.228 e. The van der Waals surface area contributed by atoms with Crippen LogP contribution in [-0.4, -0.2) is 17.7 Å². The molecular formula is C23H27N3O3. The minimum absolute atomic E-state index is 0.117. The highest BCUT2D eigenvalue weighted by molar-refractivity contribution is 6.04. The van der Waals surface area contributed by atoms with E-state index in [-0.39, 0.29) is 29.6 Å². The third kappa shape index (κ3) is 5.02. The maximum Gasteiger partial charge on any atom is 0.228 e. The molecule has 2 atom stereocenters. The van der Waals surface area contributed by atoms with Crippen LogP contribution in [0.1, 0.15) is 44.2 Å². The average molecular weight is 393 g/mol. The number of hydrogen-bond donors (Lipinski definition) is 3. The quantitative estimate of drug-likeness (QED) is 0.684. The summed E-state index contributed by atoms with van der Waals surface area (Å²) < 4.78 is 0. The third-order valence-electron chi connectivity index (χ3n) is 5.09. The van der Waals surface area contributed by atoms with E-state index in [1.54, 1.807) is 24.3 Å². The first-order valence-corrected chi connectivity index (χ1v) is 9.85. The number of benzene rings is 2. The van der Waals surface area contributed by atoms with Gasteiger partial charge in [0.05, 0.1) is 11.8 Å². The fourth-order valence-corrected chi connectivity index (χ4v) is 3.45. The van der Waals surface area contributed by atoms with Crippen molar-refractivity contribution >= 4 is 34.8 Å². The molecule has 0 bridgehead atoms. The maximum absolute atomic E-state index is 12.7. The van der Waals surface area contributed by atoms with E-state index in [1.807, 2.05) is 25.1 Å². The zero-order valence-electron chi connectivity index (χ0n) is 17.2. The Morgan fingerprint density at radius 1 is 0.897 bits per heavy atom. The zero-order chi connectivity index (χ0) is 21.1. The van der Waals surface area contributed by atoms with Crippen LogP contribution in [-0.2, 0) is 14.4 Å². The molecule has 3 N–H and O–H groups in total. The summed E-state index contributed by atoms with van der Waals surface area (Å²) in [7, 11) is 0. The topological polar surface area (TPSA) is 87.3 Å². The monoisotopic (exact) mass is 393 g/mol. The maximum atomic E-state index is 12.7. The number of amides is 3. The lowest BCUT2D eigenvalue weighted by Crippen LogP contribution is -2.21. The number of anilines is 3. The van der Waals surface area contributed by atoms with Crippen molar-refractivity contribution in [3.63, 3.8) is 0 Å². The molecule has 152 valence electrons. The lowest BCUT2D eigenvalue weighted by molar-refractivity contribution is -0.122. The second-order valence-corrected chi connectivity index (χ2v) is 7.88. The van der Waals surface area contributed by atoms with Crippen LogP contribution in [0, 0.1) is 18.8 Å². The molecule has 3 amide bonds. The molecule has 1 aliphatic carbocycles. The van der Waals surface area contributed by atoms with Gasteiger partial charge in [-0.05, 0) is 48.6 Å². The minimum Gasteiger partial charge on any atom is -0.326 e. The van der Waals surface area contributed by atoms with E-state index < -0.39 is 0 Å². The van der Waals surface area contributed by atoms with Gasteiger partial charge in [-0.15, -0.1) is 0 Å². The van der Waals surface area contributed by atoms with Gasteiger partial charge in [0.2, 0.25) is 17.7 Å². The van der Waals surface area contributed by atoms with E-state index >= 15 is 0 Å². The third-order valence-corrected chi connectivity index (χ3v) is 5.09. The average Bonchev–Trinajstić information content (AvgIpc) is 3.44. The van der Waals surface area contributed by atoms with Crippen LogP contribution in [0.2, 0.25) is 0 Å². The van der Waals surface area contributed by atoms with E-state index in [1.165, 1.54) is 6.92 Å². The highest BCUT2D eigenvalue weighted by atomic mass is 16.2. The Hall–Kier alpha value is -3.15. The molecular weight excluding hydrogens is 366 g/mol. The standard InChI is InChI=1S/C23H27N3O3/c1-13(2)18-10-5-7-14(3)21(18)26-23(29)20-12-19(20)22(28)25-17-9-6-8-16(11-17)24-15(4)27/h5-11,13,19-20H,12H2,1-4H3,(H,24,27)(H,25,28)(H,26,29). The summed E-state index contributed by atoms with van der Waals surface area (Å²) >= 11 is 0. The molecule has 6 nitrogen and oxygen atoms in total. The number of aryl methyl sites for hydroxylation is 1. The van der Waals surface area contributed by atoms with E-state index in [4.69, 9.17) is 0 Å². The van der Waals surface area contributed by atoms with Crippen LogP contribution in [0.4, 0.5) is 17.1 Å². The van der Waals surface area contributed by atoms with Crippen molar-refractivity contribution in [2.24, 2.45) is 11.8 Å². The zero-order valence-corrected chi connectivity index (χ0v) is 17.2. The number of hydrogen-bond acceptors (Lipinski definition) is 3. The van der Waals surface area contributed by atoms with Crippen LogP contribution in [0.5, 0.6) is 0 Å². The Balaban J connectivity index is 1.62. The van der Waals surface area contributed by atoms with Crippen molar-refractivity contribution in [3.8, 4) is 0 Å². The first-order chi connectivity index (χ1) is 13.8. The van der Waals surface area contributed by atoms with Gasteiger partial charge in [0.15, 0.2) is 0 Å². The molecule has 0 saturated heterocycles. The number of nitrogens with one attached hydrogen (secondary N) is 3. The molecule has 0 aliphatic heterocycles. The van der Waals surface area contributed by atoms with Crippen LogP contribution >= 0.6 is 0 Å². The van der Waals surface area contributed by atoms with E-state index in [9.17, 15) is 14.4 Å². The van der Waals surface area contributed by atoms with Crippen LogP contribution in [0.3, 0.4) is 0 Å². The number of rotatable bonds is 6. The van der Waals surface area contributed by atoms with Crippen LogP contribution in [0.15, 0.2) is 42.5 Å². The Labute approximate surface area is 171 Å². The molecule has 1 fully saturated rings. The number of carbonyl (C=O) groups is 3. The van der Waals surface area contributed by atoms with E-state index in [2.05, 4.69) is 29.8 Å². The van der Waals surface area contributed by atoms with Crippen molar-refractivity contribution in [2.45, 2.75) is 40.0 Å². The van der Waals surface area contributed by atoms with Gasteiger partial charge in [-0.1, -0.05) is 38.1 Å². The molecule has 1 saturated carbocycles. The number of carbonyl (C=O) groups excluding carboxylic acids is 3. The molecule has 2 unspecified atom stereocenters. The summed E-state index contributed by atoms with van der Waals surface area (Å²) in [6.07, 6.45) is 0.534. The first kappa shape index (κ1) is 20.6. The molecule has 0 spiro atoms. The molecule has 6 heteroatoms. The molecule has 1 aliphatic rings. The highest BCUT2D eigenvalue weighted by Gasteiger charge is 2.48. The molecule has 2 aromatic carbocycles. The first-order valence-electron chi connectivity index (χ1n) is 9.85. The van der Waals surface area contributed by atoms with Crippen molar-refractivity contribution in [3.05, 3.63) is 53.6 Å². The van der Waals surface area contributed by atoms with Gasteiger partial charge in [-0.25, -0.2) is 0 Å². The fraction of sp³-hybridized carbons (Fsp3) is 0.348. The Morgan fingerprint density at radius 3 is 2.10 bits per heavy atom. The van der Waals surface area contributed by atoms with Crippen molar-refractivity contribution in [1.29, 1.82) is 0 Å². The summed E-state index contributed by atoms with van der Waals surface area (Å²) in [5, 5.41) is 8.55. The summed E-state index contributed by atoms with van der Waals surface area (Å²) in [4.78, 5) is 36.4. The van der Waals surface area contributed by atoms with Gasteiger partial charge >= 0.3 is 0 Å². The van der Waals surface area contributed by atoms with Crippen molar-refractivity contribution in [2.75, 3.05) is 16.0 Å². The predicted octanol–water partition coefficient (Wildman–Crippen LogP) is 4.29. The van der Waals surface area contributed by atoms with E-state index in [0.29, 0.717) is 23.7 Å². The van der Waals surface area contributed by atoms with Gasteiger partial charge in [0.25, 0.3) is 0 Å².